The second-order valence-corrected chi connectivity index (χ2v) is 7.33. The number of sulfonamides is 1. The van der Waals surface area contributed by atoms with Crippen molar-refractivity contribution >= 4 is 27.6 Å². The fourth-order valence-corrected chi connectivity index (χ4v) is 3.04. The van der Waals surface area contributed by atoms with Gasteiger partial charge in [0.25, 0.3) is 5.91 Å². The lowest BCUT2D eigenvalue weighted by Crippen LogP contribution is -2.20. The molecule has 0 unspecified atom stereocenters. The van der Waals surface area contributed by atoms with E-state index in [1.165, 1.54) is 31.3 Å². The van der Waals surface area contributed by atoms with Crippen LogP contribution in [0.25, 0.3) is 0 Å². The molecule has 0 fully saturated rings. The van der Waals surface area contributed by atoms with E-state index in [9.17, 15) is 18.0 Å². The molecule has 0 atom stereocenters. The number of aryl methyl sites for hydroxylation is 1. The average molecular weight is 376 g/mol. The van der Waals surface area contributed by atoms with E-state index in [2.05, 4.69) is 10.0 Å². The Hall–Kier alpha value is -2.71. The third-order valence-corrected chi connectivity index (χ3v) is 5.07. The molecule has 0 radical (unpaired) electrons. The molecule has 2 aromatic carbocycles. The maximum atomic E-state index is 12.4. The van der Waals surface area contributed by atoms with Crippen LogP contribution in [0.4, 0.5) is 5.69 Å². The molecule has 0 spiro atoms. The Labute approximate surface area is 152 Å². The molecule has 8 heteroatoms. The maximum absolute atomic E-state index is 12.4. The molecule has 1 amide bonds. The lowest BCUT2D eigenvalue weighted by atomic mass is 10.1. The lowest BCUT2D eigenvalue weighted by molar-refractivity contribution is 0.0526. The van der Waals surface area contributed by atoms with Crippen LogP contribution in [0, 0.1) is 6.92 Å². The van der Waals surface area contributed by atoms with E-state index in [0.29, 0.717) is 16.8 Å². The number of anilines is 1. The Morgan fingerprint density at radius 2 is 1.81 bits per heavy atom. The predicted molar refractivity (Wildman–Crippen MR) is 97.8 cm³/mol. The van der Waals surface area contributed by atoms with Gasteiger partial charge in [-0.15, -0.1) is 0 Å². The zero-order chi connectivity index (χ0) is 19.3. The minimum Gasteiger partial charge on any atom is -0.462 e. The van der Waals surface area contributed by atoms with Crippen molar-refractivity contribution in [2.75, 3.05) is 19.0 Å². The van der Waals surface area contributed by atoms with Crippen LogP contribution in [-0.2, 0) is 14.8 Å². The molecule has 0 aliphatic heterocycles. The number of carbonyl (C=O) groups excluding carboxylic acids is 2. The first-order valence-electron chi connectivity index (χ1n) is 7.91. The highest BCUT2D eigenvalue weighted by molar-refractivity contribution is 7.89. The van der Waals surface area contributed by atoms with Gasteiger partial charge in [-0.05, 0) is 62.9 Å². The SMILES string of the molecule is CCOC(=O)c1ccc(NC(=O)c2cccc(S(=O)(=O)NC)c2)c(C)c1. The van der Waals surface area contributed by atoms with Gasteiger partial charge in [0.05, 0.1) is 17.1 Å². The summed E-state index contributed by atoms with van der Waals surface area (Å²) in [5.74, 6) is -0.886. The molecular formula is C18H20N2O5S. The minimum absolute atomic E-state index is 0.00188. The molecule has 0 saturated heterocycles. The van der Waals surface area contributed by atoms with Crippen molar-refractivity contribution in [2.24, 2.45) is 0 Å². The Morgan fingerprint density at radius 3 is 2.42 bits per heavy atom. The van der Waals surface area contributed by atoms with Crippen LogP contribution in [-0.4, -0.2) is 33.9 Å². The molecule has 0 bridgehead atoms. The number of carbonyl (C=O) groups is 2. The highest BCUT2D eigenvalue weighted by Gasteiger charge is 2.15. The Balaban J connectivity index is 2.23. The molecule has 0 aliphatic rings. The normalized spacial score (nSPS) is 11.0. The molecule has 26 heavy (non-hydrogen) atoms. The van der Waals surface area contributed by atoms with Gasteiger partial charge in [-0.2, -0.15) is 0 Å². The number of hydrogen-bond donors (Lipinski definition) is 2. The van der Waals surface area contributed by atoms with E-state index in [1.54, 1.807) is 32.0 Å². The number of rotatable bonds is 6. The van der Waals surface area contributed by atoms with Gasteiger partial charge in [-0.25, -0.2) is 17.9 Å². The lowest BCUT2D eigenvalue weighted by Gasteiger charge is -2.11. The molecule has 0 saturated carbocycles. The molecule has 2 aromatic rings. The van der Waals surface area contributed by atoms with E-state index >= 15 is 0 Å². The molecule has 138 valence electrons. The van der Waals surface area contributed by atoms with Crippen molar-refractivity contribution in [3.63, 3.8) is 0 Å². The maximum Gasteiger partial charge on any atom is 0.338 e. The molecular weight excluding hydrogens is 356 g/mol. The van der Waals surface area contributed by atoms with Gasteiger partial charge >= 0.3 is 5.97 Å². The fraction of sp³-hybridized carbons (Fsp3) is 0.222. The standard InChI is InChI=1S/C18H20N2O5S/c1-4-25-18(22)14-8-9-16(12(2)10-14)20-17(21)13-6-5-7-15(11-13)26(23,24)19-3/h5-11,19H,4H2,1-3H3,(H,20,21). The first-order valence-corrected chi connectivity index (χ1v) is 9.39. The van der Waals surface area contributed by atoms with E-state index in [-0.39, 0.29) is 17.1 Å². The van der Waals surface area contributed by atoms with Gasteiger partial charge in [0.2, 0.25) is 10.0 Å². The topological polar surface area (TPSA) is 102 Å². The van der Waals surface area contributed by atoms with E-state index in [1.807, 2.05) is 0 Å². The van der Waals surface area contributed by atoms with E-state index < -0.39 is 21.9 Å². The summed E-state index contributed by atoms with van der Waals surface area (Å²) in [7, 11) is -2.34. The monoisotopic (exact) mass is 376 g/mol. The number of benzene rings is 2. The van der Waals surface area contributed by atoms with Crippen LogP contribution in [0.1, 0.15) is 33.2 Å². The van der Waals surface area contributed by atoms with Crippen molar-refractivity contribution in [3.05, 3.63) is 59.2 Å². The third kappa shape index (κ3) is 4.47. The molecule has 2 rings (SSSR count). The van der Waals surface area contributed by atoms with Crippen LogP contribution in [0.15, 0.2) is 47.4 Å². The molecule has 2 N–H and O–H groups in total. The minimum atomic E-state index is -3.64. The van der Waals surface area contributed by atoms with Crippen LogP contribution >= 0.6 is 0 Å². The second-order valence-electron chi connectivity index (χ2n) is 5.44. The second kappa shape index (κ2) is 8.11. The summed E-state index contributed by atoms with van der Waals surface area (Å²) in [4.78, 5) is 24.2. The predicted octanol–water partition coefficient (Wildman–Crippen LogP) is 2.33. The highest BCUT2D eigenvalue weighted by atomic mass is 32.2. The summed E-state index contributed by atoms with van der Waals surface area (Å²) in [5.41, 5.74) is 1.80. The summed E-state index contributed by atoms with van der Waals surface area (Å²) in [6.45, 7) is 3.75. The summed E-state index contributed by atoms with van der Waals surface area (Å²) < 4.78 is 30.9. The zero-order valence-corrected chi connectivity index (χ0v) is 15.5. The molecule has 0 aromatic heterocycles. The molecule has 0 heterocycles. The first kappa shape index (κ1) is 19.6. The van der Waals surface area contributed by atoms with Crippen LogP contribution in [0.2, 0.25) is 0 Å². The van der Waals surface area contributed by atoms with E-state index in [0.717, 1.165) is 0 Å². The smallest absolute Gasteiger partial charge is 0.338 e. The Kier molecular flexibility index (Phi) is 6.12. The largest absolute Gasteiger partial charge is 0.462 e. The first-order chi connectivity index (χ1) is 12.3. The molecule has 0 aliphatic carbocycles. The van der Waals surface area contributed by atoms with Gasteiger partial charge in [0.15, 0.2) is 0 Å². The van der Waals surface area contributed by atoms with Gasteiger partial charge < -0.3 is 10.1 Å². The van der Waals surface area contributed by atoms with Crippen LogP contribution < -0.4 is 10.0 Å². The van der Waals surface area contributed by atoms with Crippen molar-refractivity contribution in [2.45, 2.75) is 18.7 Å². The Morgan fingerprint density at radius 1 is 1.08 bits per heavy atom. The number of amides is 1. The van der Waals surface area contributed by atoms with Crippen LogP contribution in [0.3, 0.4) is 0 Å². The number of nitrogens with one attached hydrogen (secondary N) is 2. The van der Waals surface area contributed by atoms with E-state index in [4.69, 9.17) is 4.74 Å². The Bertz CT molecular complexity index is 938. The van der Waals surface area contributed by atoms with Crippen molar-refractivity contribution in [1.82, 2.24) is 4.72 Å². The third-order valence-electron chi connectivity index (χ3n) is 3.66. The average Bonchev–Trinajstić information content (AvgIpc) is 2.63. The number of hydrogen-bond acceptors (Lipinski definition) is 5. The summed E-state index contributed by atoms with van der Waals surface area (Å²) in [6.07, 6.45) is 0. The van der Waals surface area contributed by atoms with Gasteiger partial charge in [0.1, 0.15) is 0 Å². The zero-order valence-electron chi connectivity index (χ0n) is 14.7. The number of ether oxygens (including phenoxy) is 1. The summed E-state index contributed by atoms with van der Waals surface area (Å²) in [6, 6.07) is 10.5. The van der Waals surface area contributed by atoms with Crippen molar-refractivity contribution < 1.29 is 22.7 Å². The summed E-state index contributed by atoms with van der Waals surface area (Å²) in [5, 5.41) is 2.72. The molecule has 7 nitrogen and oxygen atoms in total. The van der Waals surface area contributed by atoms with Gasteiger partial charge in [0, 0.05) is 11.3 Å². The van der Waals surface area contributed by atoms with Gasteiger partial charge in [-0.3, -0.25) is 4.79 Å². The summed E-state index contributed by atoms with van der Waals surface area (Å²) >= 11 is 0. The van der Waals surface area contributed by atoms with Crippen molar-refractivity contribution in [1.29, 1.82) is 0 Å². The fourth-order valence-electron chi connectivity index (χ4n) is 2.26. The number of esters is 1. The van der Waals surface area contributed by atoms with Gasteiger partial charge in [-0.1, -0.05) is 6.07 Å². The highest BCUT2D eigenvalue weighted by Crippen LogP contribution is 2.19. The quantitative estimate of drug-likeness (QED) is 0.754. The van der Waals surface area contributed by atoms with Crippen LogP contribution in [0.5, 0.6) is 0 Å². The van der Waals surface area contributed by atoms with Crippen molar-refractivity contribution in [3.8, 4) is 0 Å².